The molecule has 1 aromatic rings. The molecule has 0 aliphatic carbocycles. The lowest BCUT2D eigenvalue weighted by Crippen LogP contribution is -2.43. The number of carbonyl (C=O) groups excluding carboxylic acids is 1. The van der Waals surface area contributed by atoms with Gasteiger partial charge in [0.05, 0.1) is 6.42 Å². The molecule has 0 saturated carbocycles. The zero-order valence-electron chi connectivity index (χ0n) is 11.6. The van der Waals surface area contributed by atoms with Crippen LogP contribution in [0.15, 0.2) is 18.2 Å². The van der Waals surface area contributed by atoms with E-state index in [1.54, 1.807) is 0 Å². The molecule has 5 heteroatoms. The Morgan fingerprint density at radius 2 is 2.10 bits per heavy atom. The number of benzene rings is 1. The van der Waals surface area contributed by atoms with E-state index in [-0.39, 0.29) is 23.9 Å². The maximum atomic E-state index is 13.5. The Labute approximate surface area is 117 Å². The lowest BCUT2D eigenvalue weighted by atomic mass is 9.91. The molecule has 1 unspecified atom stereocenters. The summed E-state index contributed by atoms with van der Waals surface area (Å²) in [4.78, 5) is 11.9. The summed E-state index contributed by atoms with van der Waals surface area (Å²) in [5.41, 5.74) is 0.0972. The van der Waals surface area contributed by atoms with E-state index >= 15 is 0 Å². The molecule has 1 amide bonds. The molecule has 1 saturated heterocycles. The van der Waals surface area contributed by atoms with Crippen molar-refractivity contribution in [3.63, 3.8) is 0 Å². The highest BCUT2D eigenvalue weighted by atomic mass is 19.2. The van der Waals surface area contributed by atoms with Crippen LogP contribution in [0.4, 0.5) is 8.78 Å². The predicted molar refractivity (Wildman–Crippen MR) is 73.3 cm³/mol. The summed E-state index contributed by atoms with van der Waals surface area (Å²) in [5.74, 6) is -1.67. The number of halogens is 2. The smallest absolute Gasteiger partial charge is 0.224 e. The number of rotatable bonds is 4. The Hall–Kier alpha value is -1.49. The quantitative estimate of drug-likeness (QED) is 0.887. The topological polar surface area (TPSA) is 41.1 Å². The van der Waals surface area contributed by atoms with Crippen molar-refractivity contribution in [3.8, 4) is 0 Å². The van der Waals surface area contributed by atoms with E-state index in [1.165, 1.54) is 12.1 Å². The van der Waals surface area contributed by atoms with Crippen LogP contribution in [0.25, 0.3) is 0 Å². The summed E-state index contributed by atoms with van der Waals surface area (Å²) in [6, 6.07) is 3.96. The maximum absolute atomic E-state index is 13.5. The van der Waals surface area contributed by atoms with Gasteiger partial charge in [-0.3, -0.25) is 4.79 Å². The standard InChI is InChI=1S/C15H20F2N2O/c1-10(11-5-7-18-8-6-11)19-14(20)9-12-3-2-4-13(16)15(12)17/h2-4,10-11,18H,5-9H2,1H3,(H,19,20). The largest absolute Gasteiger partial charge is 0.353 e. The Morgan fingerprint density at radius 1 is 1.40 bits per heavy atom. The van der Waals surface area contributed by atoms with Crippen LogP contribution in [-0.2, 0) is 11.2 Å². The van der Waals surface area contributed by atoms with Gasteiger partial charge in [0.15, 0.2) is 11.6 Å². The fourth-order valence-corrected chi connectivity index (χ4v) is 2.63. The minimum atomic E-state index is -0.933. The minimum absolute atomic E-state index is 0.0567. The summed E-state index contributed by atoms with van der Waals surface area (Å²) in [7, 11) is 0. The van der Waals surface area contributed by atoms with Gasteiger partial charge >= 0.3 is 0 Å². The van der Waals surface area contributed by atoms with E-state index in [9.17, 15) is 13.6 Å². The molecule has 0 bridgehead atoms. The molecule has 2 rings (SSSR count). The number of nitrogens with one attached hydrogen (secondary N) is 2. The van der Waals surface area contributed by atoms with E-state index in [2.05, 4.69) is 10.6 Å². The number of amides is 1. The van der Waals surface area contributed by atoms with Crippen molar-refractivity contribution in [2.24, 2.45) is 5.92 Å². The summed E-state index contributed by atoms with van der Waals surface area (Å²) in [6.45, 7) is 3.89. The average molecular weight is 282 g/mol. The van der Waals surface area contributed by atoms with Crippen molar-refractivity contribution in [3.05, 3.63) is 35.4 Å². The summed E-state index contributed by atoms with van der Waals surface area (Å²) in [6.07, 6.45) is 1.92. The molecule has 1 fully saturated rings. The van der Waals surface area contributed by atoms with Crippen LogP contribution < -0.4 is 10.6 Å². The summed E-state index contributed by atoms with van der Waals surface area (Å²) >= 11 is 0. The predicted octanol–water partition coefficient (Wildman–Crippen LogP) is 2.01. The lowest BCUT2D eigenvalue weighted by Gasteiger charge is -2.28. The second-order valence-corrected chi connectivity index (χ2v) is 5.33. The molecule has 3 nitrogen and oxygen atoms in total. The first-order valence-corrected chi connectivity index (χ1v) is 7.01. The van der Waals surface area contributed by atoms with Crippen molar-refractivity contribution in [2.75, 3.05) is 13.1 Å². The van der Waals surface area contributed by atoms with Gasteiger partial charge in [0, 0.05) is 11.6 Å². The molecule has 1 heterocycles. The molecule has 1 atom stereocenters. The van der Waals surface area contributed by atoms with E-state index in [4.69, 9.17) is 0 Å². The zero-order valence-corrected chi connectivity index (χ0v) is 11.6. The van der Waals surface area contributed by atoms with Crippen molar-refractivity contribution < 1.29 is 13.6 Å². The van der Waals surface area contributed by atoms with Crippen molar-refractivity contribution >= 4 is 5.91 Å². The van der Waals surface area contributed by atoms with Crippen LogP contribution in [0.3, 0.4) is 0 Å². The molecule has 110 valence electrons. The van der Waals surface area contributed by atoms with Crippen LogP contribution in [-0.4, -0.2) is 25.0 Å². The summed E-state index contributed by atoms with van der Waals surface area (Å²) in [5, 5.41) is 6.16. The van der Waals surface area contributed by atoms with E-state index in [0.29, 0.717) is 5.92 Å². The van der Waals surface area contributed by atoms with Crippen LogP contribution in [0.1, 0.15) is 25.3 Å². The molecule has 20 heavy (non-hydrogen) atoms. The van der Waals surface area contributed by atoms with Crippen molar-refractivity contribution in [1.29, 1.82) is 0 Å². The van der Waals surface area contributed by atoms with Gasteiger partial charge in [-0.2, -0.15) is 0 Å². The highest BCUT2D eigenvalue weighted by Crippen LogP contribution is 2.16. The Balaban J connectivity index is 1.90. The van der Waals surface area contributed by atoms with Crippen LogP contribution >= 0.6 is 0 Å². The fourth-order valence-electron chi connectivity index (χ4n) is 2.63. The Morgan fingerprint density at radius 3 is 2.80 bits per heavy atom. The van der Waals surface area contributed by atoms with Gasteiger partial charge in [-0.15, -0.1) is 0 Å². The Bertz CT molecular complexity index is 473. The van der Waals surface area contributed by atoms with Crippen molar-refractivity contribution in [1.82, 2.24) is 10.6 Å². The normalized spacial score (nSPS) is 17.8. The molecule has 0 radical (unpaired) electrons. The van der Waals surface area contributed by atoms with Gasteiger partial charge in [-0.25, -0.2) is 8.78 Å². The average Bonchev–Trinajstić information content (AvgIpc) is 2.45. The first-order valence-electron chi connectivity index (χ1n) is 7.01. The molecule has 1 aromatic carbocycles. The first kappa shape index (κ1) is 14.9. The number of piperidine rings is 1. The first-order chi connectivity index (χ1) is 9.58. The fraction of sp³-hybridized carbons (Fsp3) is 0.533. The van der Waals surface area contributed by atoms with Gasteiger partial charge in [0.25, 0.3) is 0 Å². The lowest BCUT2D eigenvalue weighted by molar-refractivity contribution is -0.121. The monoisotopic (exact) mass is 282 g/mol. The van der Waals surface area contributed by atoms with E-state index < -0.39 is 11.6 Å². The van der Waals surface area contributed by atoms with Crippen molar-refractivity contribution in [2.45, 2.75) is 32.2 Å². The molecule has 2 N–H and O–H groups in total. The minimum Gasteiger partial charge on any atom is -0.353 e. The third kappa shape index (κ3) is 3.76. The third-order valence-electron chi connectivity index (χ3n) is 3.86. The second kappa shape index (κ2) is 6.79. The molecular weight excluding hydrogens is 262 g/mol. The van der Waals surface area contributed by atoms with E-state index in [1.807, 2.05) is 6.92 Å². The highest BCUT2D eigenvalue weighted by Gasteiger charge is 2.21. The van der Waals surface area contributed by atoms with Gasteiger partial charge in [-0.05, 0) is 44.8 Å². The summed E-state index contributed by atoms with van der Waals surface area (Å²) < 4.78 is 26.6. The maximum Gasteiger partial charge on any atom is 0.224 e. The van der Waals surface area contributed by atoms with Crippen LogP contribution in [0.2, 0.25) is 0 Å². The van der Waals surface area contributed by atoms with Gasteiger partial charge in [0.2, 0.25) is 5.91 Å². The molecule has 1 aliphatic heterocycles. The number of hydrogen-bond donors (Lipinski definition) is 2. The van der Waals surface area contributed by atoms with Gasteiger partial charge in [0.1, 0.15) is 0 Å². The van der Waals surface area contributed by atoms with E-state index in [0.717, 1.165) is 32.0 Å². The SMILES string of the molecule is CC(NC(=O)Cc1cccc(F)c1F)C1CCNCC1. The van der Waals surface area contributed by atoms with Gasteiger partial charge in [-0.1, -0.05) is 12.1 Å². The molecular formula is C15H20F2N2O. The Kier molecular flexibility index (Phi) is 5.06. The van der Waals surface area contributed by atoms with Gasteiger partial charge < -0.3 is 10.6 Å². The number of hydrogen-bond acceptors (Lipinski definition) is 2. The van der Waals surface area contributed by atoms with Crippen LogP contribution in [0, 0.1) is 17.6 Å². The second-order valence-electron chi connectivity index (χ2n) is 5.33. The molecule has 0 aromatic heterocycles. The number of carbonyl (C=O) groups is 1. The highest BCUT2D eigenvalue weighted by molar-refractivity contribution is 5.78. The third-order valence-corrected chi connectivity index (χ3v) is 3.86. The molecule has 0 spiro atoms. The van der Waals surface area contributed by atoms with Crippen LogP contribution in [0.5, 0.6) is 0 Å². The zero-order chi connectivity index (χ0) is 14.5. The molecule has 1 aliphatic rings.